The molecular weight excluding hydrogens is 178 g/mol. The highest BCUT2D eigenvalue weighted by Crippen LogP contribution is 2.34. The third kappa shape index (κ3) is 1.59. The van der Waals surface area contributed by atoms with Gasteiger partial charge >= 0.3 is 0 Å². The van der Waals surface area contributed by atoms with E-state index >= 15 is 0 Å². The summed E-state index contributed by atoms with van der Waals surface area (Å²) in [6.45, 7) is 3.96. The summed E-state index contributed by atoms with van der Waals surface area (Å²) >= 11 is 0. The Labute approximate surface area is 83.1 Å². The van der Waals surface area contributed by atoms with E-state index in [0.717, 1.165) is 23.5 Å². The Balaban J connectivity index is 2.23. The lowest BCUT2D eigenvalue weighted by Gasteiger charge is -2.09. The first-order valence-corrected chi connectivity index (χ1v) is 4.57. The minimum absolute atomic E-state index is 0.0120. The molecule has 0 aliphatic carbocycles. The number of hydrogen-bond acceptors (Lipinski definition) is 3. The van der Waals surface area contributed by atoms with Gasteiger partial charge in [0.2, 0.25) is 6.79 Å². The zero-order chi connectivity index (χ0) is 9.97. The number of hydrogen-bond donors (Lipinski definition) is 1. The van der Waals surface area contributed by atoms with Crippen LogP contribution in [0.25, 0.3) is 0 Å². The van der Waals surface area contributed by atoms with Crippen molar-refractivity contribution in [3.8, 4) is 11.5 Å². The van der Waals surface area contributed by atoms with Crippen molar-refractivity contribution in [3.63, 3.8) is 0 Å². The first kappa shape index (κ1) is 9.09. The van der Waals surface area contributed by atoms with E-state index in [1.54, 1.807) is 0 Å². The highest BCUT2D eigenvalue weighted by Gasteiger charge is 2.15. The SMILES string of the molecule is C=CC[C@H](N)c1ccc2c(c1)OCO2. The molecule has 0 unspecified atom stereocenters. The van der Waals surface area contributed by atoms with Crippen molar-refractivity contribution >= 4 is 0 Å². The molecule has 0 saturated heterocycles. The van der Waals surface area contributed by atoms with E-state index in [9.17, 15) is 0 Å². The Hall–Kier alpha value is -1.48. The summed E-state index contributed by atoms with van der Waals surface area (Å²) in [6, 6.07) is 5.76. The van der Waals surface area contributed by atoms with Crippen molar-refractivity contribution in [2.75, 3.05) is 6.79 Å². The van der Waals surface area contributed by atoms with Crippen molar-refractivity contribution in [1.29, 1.82) is 0 Å². The van der Waals surface area contributed by atoms with Crippen molar-refractivity contribution in [2.45, 2.75) is 12.5 Å². The molecule has 1 aromatic carbocycles. The Morgan fingerprint density at radius 2 is 2.21 bits per heavy atom. The molecule has 3 heteroatoms. The van der Waals surface area contributed by atoms with Crippen LogP contribution in [0.5, 0.6) is 11.5 Å². The van der Waals surface area contributed by atoms with Gasteiger partial charge in [-0.05, 0) is 24.1 Å². The zero-order valence-corrected chi connectivity index (χ0v) is 7.90. The Morgan fingerprint density at radius 3 is 3.00 bits per heavy atom. The van der Waals surface area contributed by atoms with E-state index in [1.807, 2.05) is 24.3 Å². The second kappa shape index (κ2) is 3.72. The zero-order valence-electron chi connectivity index (χ0n) is 7.90. The van der Waals surface area contributed by atoms with Gasteiger partial charge in [0.15, 0.2) is 11.5 Å². The van der Waals surface area contributed by atoms with E-state index in [1.165, 1.54) is 0 Å². The van der Waals surface area contributed by atoms with Crippen LogP contribution in [0.1, 0.15) is 18.0 Å². The number of fused-ring (bicyclic) bond motifs is 1. The maximum Gasteiger partial charge on any atom is 0.231 e. The number of rotatable bonds is 3. The lowest BCUT2D eigenvalue weighted by Crippen LogP contribution is -2.08. The van der Waals surface area contributed by atoms with Gasteiger partial charge in [-0.2, -0.15) is 0 Å². The molecular formula is C11H13NO2. The fourth-order valence-electron chi connectivity index (χ4n) is 1.46. The Kier molecular flexibility index (Phi) is 2.41. The van der Waals surface area contributed by atoms with E-state index in [2.05, 4.69) is 6.58 Å². The summed E-state index contributed by atoms with van der Waals surface area (Å²) in [5.41, 5.74) is 6.98. The average molecular weight is 191 g/mol. The Bertz CT molecular complexity index is 349. The van der Waals surface area contributed by atoms with Crippen molar-refractivity contribution in [3.05, 3.63) is 36.4 Å². The fraction of sp³-hybridized carbons (Fsp3) is 0.273. The first-order valence-electron chi connectivity index (χ1n) is 4.57. The molecule has 0 fully saturated rings. The van der Waals surface area contributed by atoms with Crippen LogP contribution >= 0.6 is 0 Å². The Morgan fingerprint density at radius 1 is 1.43 bits per heavy atom. The molecule has 1 aliphatic heterocycles. The van der Waals surface area contributed by atoms with Crippen LogP contribution in [0.15, 0.2) is 30.9 Å². The van der Waals surface area contributed by atoms with E-state index in [4.69, 9.17) is 15.2 Å². The molecule has 0 radical (unpaired) electrons. The summed E-state index contributed by atoms with van der Waals surface area (Å²) in [5, 5.41) is 0. The molecule has 2 rings (SSSR count). The molecule has 3 nitrogen and oxygen atoms in total. The summed E-state index contributed by atoms with van der Waals surface area (Å²) in [4.78, 5) is 0. The molecule has 1 aliphatic rings. The standard InChI is InChI=1S/C11H13NO2/c1-2-3-9(12)8-4-5-10-11(6-8)14-7-13-10/h2,4-6,9H,1,3,7,12H2/t9-/m0/s1. The summed E-state index contributed by atoms with van der Waals surface area (Å²) < 4.78 is 10.5. The van der Waals surface area contributed by atoms with Crippen molar-refractivity contribution < 1.29 is 9.47 Å². The second-order valence-electron chi connectivity index (χ2n) is 3.24. The quantitative estimate of drug-likeness (QED) is 0.743. The molecule has 0 bridgehead atoms. The largest absolute Gasteiger partial charge is 0.454 e. The molecule has 0 amide bonds. The van der Waals surface area contributed by atoms with Crippen LogP contribution in [0.2, 0.25) is 0 Å². The van der Waals surface area contributed by atoms with Crippen molar-refractivity contribution in [2.24, 2.45) is 5.73 Å². The second-order valence-corrected chi connectivity index (χ2v) is 3.24. The number of benzene rings is 1. The molecule has 74 valence electrons. The molecule has 1 aromatic rings. The van der Waals surface area contributed by atoms with Gasteiger partial charge in [0.25, 0.3) is 0 Å². The molecule has 2 N–H and O–H groups in total. The van der Waals surface area contributed by atoms with Crippen molar-refractivity contribution in [1.82, 2.24) is 0 Å². The van der Waals surface area contributed by atoms with Crippen LogP contribution in [-0.4, -0.2) is 6.79 Å². The topological polar surface area (TPSA) is 44.5 Å². The minimum Gasteiger partial charge on any atom is -0.454 e. The number of ether oxygens (including phenoxy) is 2. The molecule has 14 heavy (non-hydrogen) atoms. The average Bonchev–Trinajstić information content (AvgIpc) is 2.64. The van der Waals surface area contributed by atoms with Gasteiger partial charge in [-0.25, -0.2) is 0 Å². The van der Waals surface area contributed by atoms with Gasteiger partial charge in [-0.1, -0.05) is 12.1 Å². The molecule has 0 saturated carbocycles. The van der Waals surface area contributed by atoms with Crippen LogP contribution in [0, 0.1) is 0 Å². The third-order valence-corrected chi connectivity index (χ3v) is 2.25. The van der Waals surface area contributed by atoms with Gasteiger partial charge < -0.3 is 15.2 Å². The van der Waals surface area contributed by atoms with Gasteiger partial charge in [0, 0.05) is 6.04 Å². The van der Waals surface area contributed by atoms with E-state index < -0.39 is 0 Å². The third-order valence-electron chi connectivity index (χ3n) is 2.25. The van der Waals surface area contributed by atoms with Gasteiger partial charge in [-0.15, -0.1) is 6.58 Å². The lowest BCUT2D eigenvalue weighted by atomic mass is 10.0. The maximum atomic E-state index is 5.93. The van der Waals surface area contributed by atoms with Crippen LogP contribution in [-0.2, 0) is 0 Å². The van der Waals surface area contributed by atoms with Gasteiger partial charge in [0.1, 0.15) is 0 Å². The predicted molar refractivity (Wildman–Crippen MR) is 54.3 cm³/mol. The summed E-state index contributed by atoms with van der Waals surface area (Å²) in [7, 11) is 0. The normalized spacial score (nSPS) is 15.2. The molecule has 0 aromatic heterocycles. The predicted octanol–water partition coefficient (Wildman–Crippen LogP) is 1.99. The molecule has 0 spiro atoms. The van der Waals surface area contributed by atoms with Crippen LogP contribution < -0.4 is 15.2 Å². The minimum atomic E-state index is -0.0120. The van der Waals surface area contributed by atoms with Gasteiger partial charge in [0.05, 0.1) is 0 Å². The summed E-state index contributed by atoms with van der Waals surface area (Å²) in [5.74, 6) is 1.57. The van der Waals surface area contributed by atoms with E-state index in [0.29, 0.717) is 6.79 Å². The molecule has 1 atom stereocenters. The maximum absolute atomic E-state index is 5.93. The summed E-state index contributed by atoms with van der Waals surface area (Å²) in [6.07, 6.45) is 2.58. The van der Waals surface area contributed by atoms with Gasteiger partial charge in [-0.3, -0.25) is 0 Å². The lowest BCUT2D eigenvalue weighted by molar-refractivity contribution is 0.174. The molecule has 1 heterocycles. The fourth-order valence-corrected chi connectivity index (χ4v) is 1.46. The van der Waals surface area contributed by atoms with Crippen LogP contribution in [0.4, 0.5) is 0 Å². The smallest absolute Gasteiger partial charge is 0.231 e. The number of nitrogens with two attached hydrogens (primary N) is 1. The highest BCUT2D eigenvalue weighted by atomic mass is 16.7. The first-order chi connectivity index (χ1) is 6.81. The van der Waals surface area contributed by atoms with E-state index in [-0.39, 0.29) is 6.04 Å². The monoisotopic (exact) mass is 191 g/mol. The highest BCUT2D eigenvalue weighted by molar-refractivity contribution is 5.45. The van der Waals surface area contributed by atoms with Crippen LogP contribution in [0.3, 0.4) is 0 Å².